The molecule has 18 heteroatoms. The predicted molar refractivity (Wildman–Crippen MR) is 208 cm³/mol. The van der Waals surface area contributed by atoms with Crippen LogP contribution in [-0.2, 0) is 65.4 Å². The van der Waals surface area contributed by atoms with Crippen molar-refractivity contribution in [1.29, 1.82) is 0 Å². The average molecular weight is 831 g/mol. The Hall–Kier alpha value is -6.34. The van der Waals surface area contributed by atoms with Crippen molar-refractivity contribution < 1.29 is 44.7 Å². The fraction of sp³-hybridized carbons (Fsp3) is 0.150. The Kier molecular flexibility index (Phi) is 12.7. The van der Waals surface area contributed by atoms with Gasteiger partial charge in [0, 0.05) is 84.7 Å². The van der Waals surface area contributed by atoms with Crippen molar-refractivity contribution in [1.82, 2.24) is 28.5 Å². The lowest BCUT2D eigenvalue weighted by Gasteiger charge is -2.13. The van der Waals surface area contributed by atoms with E-state index < -0.39 is 56.8 Å². The second-order valence-corrected chi connectivity index (χ2v) is 16.2. The van der Waals surface area contributed by atoms with E-state index in [1.165, 1.54) is 110 Å². The van der Waals surface area contributed by atoms with Crippen molar-refractivity contribution in [2.45, 2.75) is 36.1 Å². The zero-order valence-corrected chi connectivity index (χ0v) is 32.6. The molecule has 0 saturated heterocycles. The number of nitrogens with zero attached hydrogens (tertiary/aromatic N) is 4. The Labute approximate surface area is 332 Å². The van der Waals surface area contributed by atoms with Crippen LogP contribution < -0.4 is 10.6 Å². The highest BCUT2D eigenvalue weighted by molar-refractivity contribution is 7.90. The summed E-state index contributed by atoms with van der Waals surface area (Å²) in [6, 6.07) is 17.2. The molecule has 300 valence electrons. The van der Waals surface area contributed by atoms with Gasteiger partial charge in [0.05, 0.1) is 11.4 Å². The molecule has 6 aromatic rings. The number of nitrogens with one attached hydrogen (secondary N) is 2. The summed E-state index contributed by atoms with van der Waals surface area (Å²) >= 11 is 0. The number of ether oxygens (including phenoxy) is 2. The van der Waals surface area contributed by atoms with Crippen LogP contribution in [-0.4, -0.2) is 60.8 Å². The summed E-state index contributed by atoms with van der Waals surface area (Å²) in [5, 5.41) is 5.88. The van der Waals surface area contributed by atoms with Gasteiger partial charge in [-0.2, -0.15) is 0 Å². The molecule has 0 radical (unpaired) electrons. The number of benzene rings is 2. The molecule has 2 N–H and O–H groups in total. The topological polar surface area (TPSA) is 181 Å². The molecule has 0 aliphatic carbocycles. The fourth-order valence-corrected chi connectivity index (χ4v) is 8.63. The molecule has 0 spiro atoms. The highest BCUT2D eigenvalue weighted by Gasteiger charge is 2.26. The van der Waals surface area contributed by atoms with Crippen LogP contribution in [0, 0.1) is 11.6 Å². The number of carbonyl (C=O) groups is 2. The lowest BCUT2D eigenvalue weighted by atomic mass is 10.1. The zero-order chi connectivity index (χ0) is 41.5. The SMILES string of the molecule is CNCc1cc(-c2cccc(COC(=O)/C=C/C(=O)OCc3cccc(-c4cc(CNC)cn4S(=O)(=O)c4cccnc4)c3F)c2F)n(S(=O)(=O)c2cccnc2)c1. The summed E-state index contributed by atoms with van der Waals surface area (Å²) < 4.78 is 98.2. The number of esters is 2. The van der Waals surface area contributed by atoms with Crippen molar-refractivity contribution in [3.8, 4) is 22.5 Å². The molecule has 0 amide bonds. The van der Waals surface area contributed by atoms with Crippen molar-refractivity contribution in [2.75, 3.05) is 14.1 Å². The fourth-order valence-electron chi connectivity index (χ4n) is 5.92. The Morgan fingerprint density at radius 1 is 0.655 bits per heavy atom. The summed E-state index contributed by atoms with van der Waals surface area (Å²) in [5.41, 5.74) is 0.914. The molecule has 0 fully saturated rings. The highest BCUT2D eigenvalue weighted by atomic mass is 32.2. The van der Waals surface area contributed by atoms with Crippen molar-refractivity contribution in [3.05, 3.63) is 156 Å². The maximum Gasteiger partial charge on any atom is 0.331 e. The summed E-state index contributed by atoms with van der Waals surface area (Å²) in [6.45, 7) is -0.540. The smallest absolute Gasteiger partial charge is 0.331 e. The molecule has 0 saturated carbocycles. The highest BCUT2D eigenvalue weighted by Crippen LogP contribution is 2.32. The van der Waals surface area contributed by atoms with Crippen LogP contribution >= 0.6 is 0 Å². The molecule has 0 unspecified atom stereocenters. The van der Waals surface area contributed by atoms with Crippen molar-refractivity contribution in [2.24, 2.45) is 0 Å². The molecule has 0 bridgehead atoms. The number of hydrogen-bond acceptors (Lipinski definition) is 12. The van der Waals surface area contributed by atoms with Gasteiger partial charge in [0.2, 0.25) is 0 Å². The van der Waals surface area contributed by atoms with Gasteiger partial charge in [-0.1, -0.05) is 24.3 Å². The summed E-state index contributed by atoms with van der Waals surface area (Å²) in [4.78, 5) is 32.7. The average Bonchev–Trinajstić information content (AvgIpc) is 3.86. The van der Waals surface area contributed by atoms with Crippen LogP contribution in [0.5, 0.6) is 0 Å². The number of carbonyl (C=O) groups excluding carboxylic acids is 2. The van der Waals surface area contributed by atoms with E-state index in [4.69, 9.17) is 9.47 Å². The largest absolute Gasteiger partial charge is 0.458 e. The first kappa shape index (κ1) is 41.3. The number of rotatable bonds is 16. The third-order valence-electron chi connectivity index (χ3n) is 8.63. The van der Waals surface area contributed by atoms with Gasteiger partial charge in [-0.05, 0) is 73.8 Å². The molecule has 0 aliphatic heterocycles. The Balaban J connectivity index is 1.13. The molecular weight excluding hydrogens is 795 g/mol. The number of pyridine rings is 2. The van der Waals surface area contributed by atoms with E-state index in [0.717, 1.165) is 20.1 Å². The second-order valence-electron chi connectivity index (χ2n) is 12.6. The van der Waals surface area contributed by atoms with Gasteiger partial charge >= 0.3 is 11.9 Å². The first-order valence-corrected chi connectivity index (χ1v) is 20.3. The maximum atomic E-state index is 15.9. The first-order chi connectivity index (χ1) is 27.8. The van der Waals surface area contributed by atoms with E-state index >= 15 is 8.78 Å². The number of hydrogen-bond donors (Lipinski definition) is 2. The zero-order valence-electron chi connectivity index (χ0n) is 31.0. The van der Waals surface area contributed by atoms with Crippen LogP contribution in [0.3, 0.4) is 0 Å². The van der Waals surface area contributed by atoms with Gasteiger partial charge in [-0.3, -0.25) is 9.97 Å². The third kappa shape index (κ3) is 8.94. The summed E-state index contributed by atoms with van der Waals surface area (Å²) in [5.74, 6) is -3.72. The van der Waals surface area contributed by atoms with Gasteiger partial charge < -0.3 is 20.1 Å². The molecule has 6 rings (SSSR count). The second kappa shape index (κ2) is 17.9. The quantitative estimate of drug-likeness (QED) is 0.0992. The number of aromatic nitrogens is 4. The molecule has 0 atom stereocenters. The van der Waals surface area contributed by atoms with Gasteiger partial charge in [0.15, 0.2) is 0 Å². The van der Waals surface area contributed by atoms with E-state index in [9.17, 15) is 26.4 Å². The van der Waals surface area contributed by atoms with E-state index in [0.29, 0.717) is 24.2 Å². The van der Waals surface area contributed by atoms with Gasteiger partial charge in [0.1, 0.15) is 34.6 Å². The third-order valence-corrected chi connectivity index (χ3v) is 11.9. The summed E-state index contributed by atoms with van der Waals surface area (Å²) in [6.07, 6.45) is 9.50. The maximum absolute atomic E-state index is 15.9. The van der Waals surface area contributed by atoms with E-state index in [1.807, 2.05) is 0 Å². The molecule has 4 heterocycles. The van der Waals surface area contributed by atoms with Crippen LogP contribution in [0.15, 0.2) is 132 Å². The molecule has 58 heavy (non-hydrogen) atoms. The van der Waals surface area contributed by atoms with Crippen molar-refractivity contribution in [3.63, 3.8) is 0 Å². The van der Waals surface area contributed by atoms with Gasteiger partial charge in [-0.25, -0.2) is 43.2 Å². The van der Waals surface area contributed by atoms with E-state index in [1.54, 1.807) is 14.1 Å². The molecule has 0 aliphatic rings. The molecule has 4 aromatic heterocycles. The lowest BCUT2D eigenvalue weighted by Crippen LogP contribution is -2.14. The minimum Gasteiger partial charge on any atom is -0.458 e. The Morgan fingerprint density at radius 2 is 1.07 bits per heavy atom. The Morgan fingerprint density at radius 3 is 1.43 bits per heavy atom. The van der Waals surface area contributed by atoms with E-state index in [-0.39, 0.29) is 43.4 Å². The summed E-state index contributed by atoms with van der Waals surface area (Å²) in [7, 11) is -4.98. The lowest BCUT2D eigenvalue weighted by molar-refractivity contribution is -0.141. The molecule has 2 aromatic carbocycles. The minimum absolute atomic E-state index is 0.0340. The van der Waals surface area contributed by atoms with Crippen LogP contribution in [0.4, 0.5) is 8.78 Å². The monoisotopic (exact) mass is 830 g/mol. The number of halogens is 2. The minimum atomic E-state index is -4.17. The van der Waals surface area contributed by atoms with Crippen LogP contribution in [0.1, 0.15) is 22.3 Å². The normalized spacial score (nSPS) is 11.9. The molecular formula is C40H36F2N6O8S2. The van der Waals surface area contributed by atoms with Crippen LogP contribution in [0.2, 0.25) is 0 Å². The Bertz CT molecular complexity index is 2520. The standard InChI is InChI=1S/C40H36F2N6O8S2/c1-43-19-27-17-35(47(23-27)57(51,52)31-9-5-15-45-21-31)33-11-3-7-29(39(33)41)25-55-37(49)13-14-38(50)56-26-30-8-4-12-34(40(30)42)36-18-28(20-44-2)24-48(36)58(53,54)32-10-6-16-46-22-32/h3-18,21-24,43-44H,19-20,25-26H2,1-2H3/b14-13+. The van der Waals surface area contributed by atoms with Gasteiger partial charge in [-0.15, -0.1) is 0 Å². The molecule has 14 nitrogen and oxygen atoms in total. The predicted octanol–water partition coefficient (Wildman–Crippen LogP) is 4.95. The van der Waals surface area contributed by atoms with Crippen molar-refractivity contribution >= 4 is 32.0 Å². The van der Waals surface area contributed by atoms with Crippen LogP contribution in [0.25, 0.3) is 22.5 Å². The first-order valence-electron chi connectivity index (χ1n) is 17.4. The van der Waals surface area contributed by atoms with E-state index in [2.05, 4.69) is 20.6 Å². The van der Waals surface area contributed by atoms with Gasteiger partial charge in [0.25, 0.3) is 20.0 Å².